The fourth-order valence-corrected chi connectivity index (χ4v) is 3.46. The van der Waals surface area contributed by atoms with Gasteiger partial charge in [-0.3, -0.25) is 0 Å². The van der Waals surface area contributed by atoms with Crippen molar-refractivity contribution in [1.29, 1.82) is 0 Å². The third-order valence-electron chi connectivity index (χ3n) is 5.20. The summed E-state index contributed by atoms with van der Waals surface area (Å²) in [6.07, 6.45) is 14.1. The second-order valence-corrected chi connectivity index (χ2v) is 7.11. The van der Waals surface area contributed by atoms with E-state index in [1.54, 1.807) is 0 Å². The first-order chi connectivity index (χ1) is 8.43. The number of hydrogen-bond acceptors (Lipinski definition) is 0. The van der Waals surface area contributed by atoms with Crippen LogP contribution in [0.5, 0.6) is 0 Å². The lowest BCUT2D eigenvalue weighted by molar-refractivity contribution is 0.0602. The molecule has 0 N–H and O–H groups in total. The third-order valence-corrected chi connectivity index (χ3v) is 5.20. The number of rotatable bonds is 10. The monoisotopic (exact) mass is 254 g/mol. The van der Waals surface area contributed by atoms with Gasteiger partial charge in [0.1, 0.15) is 0 Å². The van der Waals surface area contributed by atoms with Crippen molar-refractivity contribution in [2.45, 2.75) is 106 Å². The first-order valence-corrected chi connectivity index (χ1v) is 8.43. The zero-order valence-corrected chi connectivity index (χ0v) is 14.1. The van der Waals surface area contributed by atoms with E-state index in [4.69, 9.17) is 0 Å². The molecular weight excluding hydrogens is 216 g/mol. The van der Waals surface area contributed by atoms with Crippen molar-refractivity contribution >= 4 is 0 Å². The molecule has 0 aromatic rings. The largest absolute Gasteiger partial charge is 0.0654 e. The smallest absolute Gasteiger partial charge is 0.0254 e. The molecule has 0 aromatic heterocycles. The maximum Gasteiger partial charge on any atom is -0.0254 e. The third kappa shape index (κ3) is 5.76. The van der Waals surface area contributed by atoms with E-state index >= 15 is 0 Å². The van der Waals surface area contributed by atoms with Gasteiger partial charge in [-0.25, -0.2) is 0 Å². The zero-order valence-electron chi connectivity index (χ0n) is 14.1. The molecule has 18 heavy (non-hydrogen) atoms. The van der Waals surface area contributed by atoms with Gasteiger partial charge >= 0.3 is 0 Å². The van der Waals surface area contributed by atoms with Gasteiger partial charge in [0.25, 0.3) is 0 Å². The minimum atomic E-state index is 0.457. The summed E-state index contributed by atoms with van der Waals surface area (Å²) in [5, 5.41) is 0. The van der Waals surface area contributed by atoms with Crippen LogP contribution in [0.15, 0.2) is 0 Å². The Morgan fingerprint density at radius 2 is 1.06 bits per heavy atom. The van der Waals surface area contributed by atoms with Crippen molar-refractivity contribution in [3.63, 3.8) is 0 Å². The van der Waals surface area contributed by atoms with Crippen LogP contribution < -0.4 is 0 Å². The molecule has 0 saturated carbocycles. The Bertz CT molecular complexity index is 181. The van der Waals surface area contributed by atoms with Crippen LogP contribution in [-0.2, 0) is 0 Å². The molecule has 0 aliphatic rings. The molecule has 0 unspecified atom stereocenters. The summed E-state index contributed by atoms with van der Waals surface area (Å²) in [7, 11) is 0. The molecule has 0 heteroatoms. The predicted octanol–water partition coefficient (Wildman–Crippen LogP) is 6.98. The van der Waals surface area contributed by atoms with E-state index in [9.17, 15) is 0 Å². The molecule has 0 spiro atoms. The minimum Gasteiger partial charge on any atom is -0.0654 e. The van der Waals surface area contributed by atoms with Crippen molar-refractivity contribution in [2.24, 2.45) is 10.8 Å². The van der Waals surface area contributed by atoms with E-state index in [2.05, 4.69) is 41.5 Å². The first kappa shape index (κ1) is 18.0. The van der Waals surface area contributed by atoms with Crippen molar-refractivity contribution in [1.82, 2.24) is 0 Å². The highest BCUT2D eigenvalue weighted by Gasteiger charge is 2.37. The molecule has 0 aromatic carbocycles. The molecule has 0 fully saturated rings. The van der Waals surface area contributed by atoms with Gasteiger partial charge in [0.15, 0.2) is 0 Å². The van der Waals surface area contributed by atoms with Gasteiger partial charge in [-0.1, -0.05) is 86.5 Å². The average molecular weight is 255 g/mol. The summed E-state index contributed by atoms with van der Waals surface area (Å²) < 4.78 is 0. The summed E-state index contributed by atoms with van der Waals surface area (Å²) in [5.41, 5.74) is 1.02. The summed E-state index contributed by atoms with van der Waals surface area (Å²) in [6.45, 7) is 14.4. The predicted molar refractivity (Wildman–Crippen MR) is 85.1 cm³/mol. The van der Waals surface area contributed by atoms with Crippen molar-refractivity contribution in [2.75, 3.05) is 0 Å². The Morgan fingerprint density at radius 1 is 0.611 bits per heavy atom. The zero-order chi connectivity index (χ0) is 14.1. The summed E-state index contributed by atoms with van der Waals surface area (Å²) in [5.74, 6) is 0. The lowest BCUT2D eigenvalue weighted by atomic mass is 9.61. The molecule has 0 radical (unpaired) electrons. The summed E-state index contributed by atoms with van der Waals surface area (Å²) >= 11 is 0. The molecule has 0 saturated heterocycles. The highest BCUT2D eigenvalue weighted by atomic mass is 14.4. The van der Waals surface area contributed by atoms with Crippen LogP contribution in [0.25, 0.3) is 0 Å². The van der Waals surface area contributed by atoms with Crippen LogP contribution in [0.2, 0.25) is 0 Å². The lowest BCUT2D eigenvalue weighted by Crippen LogP contribution is -2.34. The van der Waals surface area contributed by atoms with Gasteiger partial charge in [-0.15, -0.1) is 0 Å². The minimum absolute atomic E-state index is 0.457. The molecule has 0 bridgehead atoms. The summed E-state index contributed by atoms with van der Waals surface area (Å²) in [6, 6.07) is 0. The van der Waals surface area contributed by atoms with Gasteiger partial charge in [0.2, 0.25) is 0 Å². The van der Waals surface area contributed by atoms with E-state index in [0.717, 1.165) is 0 Å². The molecule has 0 atom stereocenters. The Kier molecular flexibility index (Phi) is 8.99. The SMILES string of the molecule is CCCCCCCCCC(CC)(CC)C(C)(C)C. The maximum absolute atomic E-state index is 2.43. The van der Waals surface area contributed by atoms with Crippen LogP contribution >= 0.6 is 0 Å². The fraction of sp³-hybridized carbons (Fsp3) is 1.00. The first-order valence-electron chi connectivity index (χ1n) is 8.43. The molecule has 0 amide bonds. The Morgan fingerprint density at radius 3 is 1.44 bits per heavy atom. The van der Waals surface area contributed by atoms with E-state index in [-0.39, 0.29) is 0 Å². The normalized spacial score (nSPS) is 13.0. The van der Waals surface area contributed by atoms with Crippen molar-refractivity contribution in [3.05, 3.63) is 0 Å². The van der Waals surface area contributed by atoms with Crippen LogP contribution in [0.1, 0.15) is 106 Å². The standard InChI is InChI=1S/C18H38/c1-7-10-11-12-13-14-15-16-18(8-2,9-3)17(4,5)6/h7-16H2,1-6H3. The highest BCUT2D eigenvalue weighted by Crippen LogP contribution is 2.48. The second-order valence-electron chi connectivity index (χ2n) is 7.11. The molecule has 0 heterocycles. The van der Waals surface area contributed by atoms with E-state index < -0.39 is 0 Å². The Labute approximate surface area is 117 Å². The van der Waals surface area contributed by atoms with E-state index in [1.807, 2.05) is 0 Å². The van der Waals surface area contributed by atoms with Crippen LogP contribution in [0, 0.1) is 10.8 Å². The number of hydrogen-bond donors (Lipinski definition) is 0. The number of unbranched alkanes of at least 4 members (excludes halogenated alkanes) is 6. The van der Waals surface area contributed by atoms with E-state index in [1.165, 1.54) is 64.2 Å². The quantitative estimate of drug-likeness (QED) is 0.369. The summed E-state index contributed by atoms with van der Waals surface area (Å²) in [4.78, 5) is 0. The van der Waals surface area contributed by atoms with Crippen LogP contribution in [0.4, 0.5) is 0 Å². The van der Waals surface area contributed by atoms with Gasteiger partial charge in [-0.2, -0.15) is 0 Å². The van der Waals surface area contributed by atoms with Crippen LogP contribution in [0.3, 0.4) is 0 Å². The van der Waals surface area contributed by atoms with Crippen molar-refractivity contribution in [3.8, 4) is 0 Å². The van der Waals surface area contributed by atoms with Crippen LogP contribution in [-0.4, -0.2) is 0 Å². The molecule has 0 nitrogen and oxygen atoms in total. The van der Waals surface area contributed by atoms with Gasteiger partial charge in [-0.05, 0) is 30.1 Å². The van der Waals surface area contributed by atoms with Gasteiger partial charge < -0.3 is 0 Å². The molecular formula is C18H38. The fourth-order valence-electron chi connectivity index (χ4n) is 3.46. The molecule has 0 aliphatic heterocycles. The molecule has 110 valence electrons. The molecule has 0 aliphatic carbocycles. The maximum atomic E-state index is 2.43. The Hall–Kier alpha value is 0. The van der Waals surface area contributed by atoms with Crippen molar-refractivity contribution < 1.29 is 0 Å². The molecule has 0 rings (SSSR count). The lowest BCUT2D eigenvalue weighted by Gasteiger charge is -2.44. The average Bonchev–Trinajstić information content (AvgIpc) is 2.32. The second kappa shape index (κ2) is 8.99. The van der Waals surface area contributed by atoms with Gasteiger partial charge in [0.05, 0.1) is 0 Å². The van der Waals surface area contributed by atoms with E-state index in [0.29, 0.717) is 10.8 Å². The topological polar surface area (TPSA) is 0 Å². The Balaban J connectivity index is 3.92. The highest BCUT2D eigenvalue weighted by molar-refractivity contribution is 4.88. The van der Waals surface area contributed by atoms with Gasteiger partial charge in [0, 0.05) is 0 Å².